The highest BCUT2D eigenvalue weighted by atomic mass is 32.2. The molecule has 0 amide bonds. The third kappa shape index (κ3) is 4.94. The van der Waals surface area contributed by atoms with Crippen LogP contribution in [0, 0.1) is 13.8 Å². The number of nitrogens with zero attached hydrogens (tertiary/aromatic N) is 4. The van der Waals surface area contributed by atoms with E-state index in [2.05, 4.69) is 39.4 Å². The van der Waals surface area contributed by atoms with E-state index in [1.807, 2.05) is 23.1 Å². The average molecular weight is 419 g/mol. The van der Waals surface area contributed by atoms with Gasteiger partial charge in [0, 0.05) is 24.8 Å². The fourth-order valence-corrected chi connectivity index (χ4v) is 5.10. The van der Waals surface area contributed by atoms with Crippen molar-refractivity contribution in [1.29, 1.82) is 0 Å². The molecule has 1 atom stereocenters. The first-order valence-electron chi connectivity index (χ1n) is 9.78. The summed E-state index contributed by atoms with van der Waals surface area (Å²) in [5.74, 6) is 1.66. The first-order valence-corrected chi connectivity index (χ1v) is 11.6. The summed E-state index contributed by atoms with van der Waals surface area (Å²) < 4.78 is 29.0. The summed E-state index contributed by atoms with van der Waals surface area (Å²) in [6.45, 7) is 6.76. The molecule has 10 heteroatoms. The van der Waals surface area contributed by atoms with E-state index < -0.39 is 9.84 Å². The molecule has 2 aliphatic rings. The lowest BCUT2D eigenvalue weighted by molar-refractivity contribution is 0.122. The summed E-state index contributed by atoms with van der Waals surface area (Å²) >= 11 is 0. The molecule has 2 N–H and O–H groups in total. The number of aromatic nitrogens is 3. The molecule has 1 aromatic carbocycles. The minimum Gasteiger partial charge on any atom is -0.378 e. The molecule has 0 spiro atoms. The number of morpholine rings is 1. The van der Waals surface area contributed by atoms with Crippen molar-refractivity contribution in [2.24, 2.45) is 0 Å². The standard InChI is InChI=1S/C19H26N6O3S/c1-13-3-4-15(11-14(13)2)20-17-22-18(21-16-5-10-29(26,27)12-16)24-19(23-17)25-6-8-28-9-7-25/h3-4,11,16H,5-10,12H2,1-2H3,(H2,20,21,22,23,24)/t16-/m1/s1. The van der Waals surface area contributed by atoms with Crippen molar-refractivity contribution in [3.05, 3.63) is 29.3 Å². The zero-order valence-corrected chi connectivity index (χ0v) is 17.5. The summed E-state index contributed by atoms with van der Waals surface area (Å²) in [5, 5.41) is 6.44. The number of hydrogen-bond acceptors (Lipinski definition) is 9. The summed E-state index contributed by atoms with van der Waals surface area (Å²) in [6, 6.07) is 5.89. The summed E-state index contributed by atoms with van der Waals surface area (Å²) in [4.78, 5) is 15.7. The molecule has 2 saturated heterocycles. The molecule has 156 valence electrons. The highest BCUT2D eigenvalue weighted by Crippen LogP contribution is 2.22. The van der Waals surface area contributed by atoms with E-state index in [4.69, 9.17) is 4.74 Å². The van der Waals surface area contributed by atoms with Gasteiger partial charge in [0.15, 0.2) is 9.84 Å². The van der Waals surface area contributed by atoms with E-state index >= 15 is 0 Å². The minimum absolute atomic E-state index is 0.103. The van der Waals surface area contributed by atoms with E-state index in [-0.39, 0.29) is 17.5 Å². The highest BCUT2D eigenvalue weighted by Gasteiger charge is 2.29. The van der Waals surface area contributed by atoms with Crippen molar-refractivity contribution in [2.45, 2.75) is 26.3 Å². The first kappa shape index (κ1) is 19.8. The lowest BCUT2D eigenvalue weighted by Gasteiger charge is -2.27. The molecule has 0 unspecified atom stereocenters. The molecule has 0 saturated carbocycles. The van der Waals surface area contributed by atoms with Gasteiger partial charge in [0.05, 0.1) is 24.7 Å². The van der Waals surface area contributed by atoms with E-state index in [9.17, 15) is 8.42 Å². The first-order chi connectivity index (χ1) is 13.9. The van der Waals surface area contributed by atoms with Gasteiger partial charge in [-0.3, -0.25) is 0 Å². The second-order valence-corrected chi connectivity index (χ2v) is 9.78. The highest BCUT2D eigenvalue weighted by molar-refractivity contribution is 7.91. The summed E-state index contributed by atoms with van der Waals surface area (Å²) in [6.07, 6.45) is 0.556. The number of aryl methyl sites for hydroxylation is 2. The number of nitrogens with one attached hydrogen (secondary N) is 2. The van der Waals surface area contributed by atoms with Crippen LogP contribution in [0.5, 0.6) is 0 Å². The summed E-state index contributed by atoms with van der Waals surface area (Å²) in [5.41, 5.74) is 3.28. The van der Waals surface area contributed by atoms with E-state index in [1.54, 1.807) is 0 Å². The fraction of sp³-hybridized carbons (Fsp3) is 0.526. The second-order valence-electron chi connectivity index (χ2n) is 7.55. The van der Waals surface area contributed by atoms with Crippen molar-refractivity contribution >= 4 is 33.4 Å². The quantitative estimate of drug-likeness (QED) is 0.749. The lowest BCUT2D eigenvalue weighted by atomic mass is 10.1. The topological polar surface area (TPSA) is 109 Å². The molecule has 3 heterocycles. The van der Waals surface area contributed by atoms with E-state index in [1.165, 1.54) is 11.1 Å². The Morgan fingerprint density at radius 2 is 1.83 bits per heavy atom. The monoisotopic (exact) mass is 418 g/mol. The molecule has 0 aliphatic carbocycles. The molecule has 0 radical (unpaired) electrons. The van der Waals surface area contributed by atoms with Gasteiger partial charge in [0.25, 0.3) is 0 Å². The van der Waals surface area contributed by atoms with Crippen LogP contribution in [0.1, 0.15) is 17.5 Å². The Hall–Kier alpha value is -2.46. The molecule has 0 bridgehead atoms. The van der Waals surface area contributed by atoms with Crippen LogP contribution in [0.4, 0.5) is 23.5 Å². The average Bonchev–Trinajstić information content (AvgIpc) is 3.03. The SMILES string of the molecule is Cc1ccc(Nc2nc(N[C@@H]3CCS(=O)(=O)C3)nc(N3CCOCC3)n2)cc1C. The van der Waals surface area contributed by atoms with Gasteiger partial charge >= 0.3 is 0 Å². The maximum atomic E-state index is 11.8. The number of anilines is 4. The Bertz CT molecular complexity index is 991. The molecule has 2 aliphatic heterocycles. The molecule has 4 rings (SSSR count). The Kier molecular flexibility index (Phi) is 5.55. The van der Waals surface area contributed by atoms with Crippen LogP contribution in [0.2, 0.25) is 0 Å². The van der Waals surface area contributed by atoms with E-state index in [0.717, 1.165) is 5.69 Å². The van der Waals surface area contributed by atoms with Gasteiger partial charge in [-0.05, 0) is 43.5 Å². The van der Waals surface area contributed by atoms with Crippen molar-refractivity contribution in [2.75, 3.05) is 53.3 Å². The largest absolute Gasteiger partial charge is 0.378 e. The number of sulfone groups is 1. The molecule has 1 aromatic heterocycles. The lowest BCUT2D eigenvalue weighted by Crippen LogP contribution is -2.37. The molecule has 2 fully saturated rings. The van der Waals surface area contributed by atoms with Crippen molar-refractivity contribution < 1.29 is 13.2 Å². The van der Waals surface area contributed by atoms with Crippen molar-refractivity contribution in [3.63, 3.8) is 0 Å². The van der Waals surface area contributed by atoms with Crippen LogP contribution in [0.3, 0.4) is 0 Å². The van der Waals surface area contributed by atoms with Gasteiger partial charge in [-0.2, -0.15) is 15.0 Å². The fourth-order valence-electron chi connectivity index (χ4n) is 3.43. The molecule has 2 aromatic rings. The third-order valence-corrected chi connectivity index (χ3v) is 7.01. The summed E-state index contributed by atoms with van der Waals surface area (Å²) in [7, 11) is -2.99. The zero-order chi connectivity index (χ0) is 20.4. The smallest absolute Gasteiger partial charge is 0.233 e. The number of benzene rings is 1. The van der Waals surface area contributed by atoms with E-state index in [0.29, 0.717) is 50.6 Å². The predicted molar refractivity (Wildman–Crippen MR) is 113 cm³/mol. The Balaban J connectivity index is 1.61. The normalized spacial score (nSPS) is 21.2. The van der Waals surface area contributed by atoms with Crippen LogP contribution in [0.15, 0.2) is 18.2 Å². The van der Waals surface area contributed by atoms with Crippen LogP contribution in [-0.2, 0) is 14.6 Å². The van der Waals surface area contributed by atoms with Gasteiger partial charge in [-0.1, -0.05) is 6.07 Å². The van der Waals surface area contributed by atoms with Crippen LogP contribution >= 0.6 is 0 Å². The zero-order valence-electron chi connectivity index (χ0n) is 16.7. The minimum atomic E-state index is -2.99. The molecule has 9 nitrogen and oxygen atoms in total. The third-order valence-electron chi connectivity index (χ3n) is 5.25. The second kappa shape index (κ2) is 8.11. The number of ether oxygens (including phenoxy) is 1. The van der Waals surface area contributed by atoms with Gasteiger partial charge in [0.2, 0.25) is 17.8 Å². The predicted octanol–water partition coefficient (Wildman–Crippen LogP) is 1.67. The van der Waals surface area contributed by atoms with Crippen LogP contribution in [0.25, 0.3) is 0 Å². The molecular formula is C19H26N6O3S. The maximum absolute atomic E-state index is 11.8. The maximum Gasteiger partial charge on any atom is 0.233 e. The van der Waals surface area contributed by atoms with Crippen molar-refractivity contribution in [3.8, 4) is 0 Å². The molecular weight excluding hydrogens is 392 g/mol. The van der Waals surface area contributed by atoms with Gasteiger partial charge in [-0.15, -0.1) is 0 Å². The van der Waals surface area contributed by atoms with Gasteiger partial charge in [-0.25, -0.2) is 8.42 Å². The Morgan fingerprint density at radius 1 is 1.07 bits per heavy atom. The van der Waals surface area contributed by atoms with Gasteiger partial charge in [0.1, 0.15) is 0 Å². The Labute approximate surface area is 170 Å². The number of rotatable bonds is 5. The molecule has 29 heavy (non-hydrogen) atoms. The van der Waals surface area contributed by atoms with Crippen molar-refractivity contribution in [1.82, 2.24) is 15.0 Å². The Morgan fingerprint density at radius 3 is 2.52 bits per heavy atom. The van der Waals surface area contributed by atoms with Crippen LogP contribution < -0.4 is 15.5 Å². The van der Waals surface area contributed by atoms with Gasteiger partial charge < -0.3 is 20.3 Å². The number of hydrogen-bond donors (Lipinski definition) is 2. The van der Waals surface area contributed by atoms with Crippen LogP contribution in [-0.4, -0.2) is 67.2 Å².